The highest BCUT2D eigenvalue weighted by Crippen LogP contribution is 2.22. The largest absolute Gasteiger partial charge is 0.292 e. The van der Waals surface area contributed by atoms with Crippen molar-refractivity contribution in [1.29, 1.82) is 0 Å². The molecule has 4 heteroatoms. The fourth-order valence-corrected chi connectivity index (χ4v) is 2.39. The van der Waals surface area contributed by atoms with Crippen molar-refractivity contribution in [2.45, 2.75) is 45.2 Å². The summed E-state index contributed by atoms with van der Waals surface area (Å²) in [5.74, 6) is -1.15. The van der Waals surface area contributed by atoms with Crippen molar-refractivity contribution in [2.75, 3.05) is 0 Å². The van der Waals surface area contributed by atoms with E-state index in [0.29, 0.717) is 12.1 Å². The first-order chi connectivity index (χ1) is 8.59. The van der Waals surface area contributed by atoms with Gasteiger partial charge in [0, 0.05) is 12.1 Å². The molecule has 2 nitrogen and oxygen atoms in total. The fourth-order valence-electron chi connectivity index (χ4n) is 2.39. The zero-order valence-corrected chi connectivity index (χ0v) is 10.7. The summed E-state index contributed by atoms with van der Waals surface area (Å²) in [6.45, 7) is 4.18. The Bertz CT molecular complexity index is 415. The third-order valence-corrected chi connectivity index (χ3v) is 3.47. The summed E-state index contributed by atoms with van der Waals surface area (Å²) in [4.78, 5) is 0. The number of halogens is 2. The van der Waals surface area contributed by atoms with Gasteiger partial charge in [-0.2, -0.15) is 5.10 Å². The molecule has 1 aromatic rings. The summed E-state index contributed by atoms with van der Waals surface area (Å²) in [5.41, 5.74) is -0.0672. The van der Waals surface area contributed by atoms with Crippen LogP contribution in [0.5, 0.6) is 0 Å². The van der Waals surface area contributed by atoms with E-state index in [1.54, 1.807) is 0 Å². The normalized spacial score (nSPS) is 24.8. The lowest BCUT2D eigenvalue weighted by molar-refractivity contribution is 0.109. The first-order valence-electron chi connectivity index (χ1n) is 6.36. The lowest BCUT2D eigenvalue weighted by Crippen LogP contribution is -2.39. The molecule has 1 aliphatic heterocycles. The molecule has 0 radical (unpaired) electrons. The molecule has 0 aliphatic carbocycles. The van der Waals surface area contributed by atoms with Gasteiger partial charge < -0.3 is 0 Å². The second kappa shape index (κ2) is 5.46. The molecule has 2 atom stereocenters. The molecule has 98 valence electrons. The first-order valence-corrected chi connectivity index (χ1v) is 6.36. The second-order valence-corrected chi connectivity index (χ2v) is 4.89. The molecule has 1 aromatic carbocycles. The number of hydrogen-bond donors (Lipinski definition) is 0. The van der Waals surface area contributed by atoms with Gasteiger partial charge in [-0.25, -0.2) is 8.78 Å². The molecule has 1 saturated heterocycles. The quantitative estimate of drug-likeness (QED) is 0.735. The maximum atomic E-state index is 13.4. The lowest BCUT2D eigenvalue weighted by atomic mass is 10.00. The van der Waals surface area contributed by atoms with Gasteiger partial charge in [-0.15, -0.1) is 0 Å². The zero-order chi connectivity index (χ0) is 13.1. The van der Waals surface area contributed by atoms with E-state index in [2.05, 4.69) is 18.9 Å². The van der Waals surface area contributed by atoms with Crippen LogP contribution in [0.2, 0.25) is 0 Å². The number of nitrogens with zero attached hydrogens (tertiary/aromatic N) is 2. The van der Waals surface area contributed by atoms with E-state index in [1.165, 1.54) is 30.8 Å². The standard InChI is InChI=1S/C14H18F2N2/c1-10-5-3-6-11(2)18(10)17-9-12-13(15)7-4-8-14(12)16/h4,7-11H,3,5-6H2,1-2H3/b17-9-/t10-,11-/m1/s1. The average molecular weight is 252 g/mol. The van der Waals surface area contributed by atoms with Crippen molar-refractivity contribution in [3.05, 3.63) is 35.4 Å². The molecule has 18 heavy (non-hydrogen) atoms. The van der Waals surface area contributed by atoms with Gasteiger partial charge in [-0.1, -0.05) is 6.07 Å². The third-order valence-electron chi connectivity index (χ3n) is 3.47. The van der Waals surface area contributed by atoms with Gasteiger partial charge in [0.2, 0.25) is 0 Å². The Labute approximate surface area is 106 Å². The maximum Gasteiger partial charge on any atom is 0.134 e. The van der Waals surface area contributed by atoms with Gasteiger partial charge >= 0.3 is 0 Å². The van der Waals surface area contributed by atoms with Crippen molar-refractivity contribution in [2.24, 2.45) is 5.10 Å². The molecule has 0 unspecified atom stereocenters. The summed E-state index contributed by atoms with van der Waals surface area (Å²) < 4.78 is 26.9. The van der Waals surface area contributed by atoms with Crippen LogP contribution in [0.1, 0.15) is 38.7 Å². The Morgan fingerprint density at radius 1 is 1.17 bits per heavy atom. The van der Waals surface area contributed by atoms with E-state index in [0.717, 1.165) is 12.8 Å². The number of rotatable bonds is 2. The summed E-state index contributed by atoms with van der Waals surface area (Å²) in [7, 11) is 0. The Morgan fingerprint density at radius 3 is 2.28 bits per heavy atom. The molecule has 0 spiro atoms. The average Bonchev–Trinajstić information content (AvgIpc) is 2.31. The maximum absolute atomic E-state index is 13.4. The minimum atomic E-state index is -0.573. The Balaban J connectivity index is 2.19. The van der Waals surface area contributed by atoms with Crippen LogP contribution in [0.4, 0.5) is 8.78 Å². The van der Waals surface area contributed by atoms with Crippen molar-refractivity contribution in [1.82, 2.24) is 5.01 Å². The monoisotopic (exact) mass is 252 g/mol. The fraction of sp³-hybridized carbons (Fsp3) is 0.500. The molecule has 0 saturated carbocycles. The van der Waals surface area contributed by atoms with Gasteiger partial charge in [0.25, 0.3) is 0 Å². The summed E-state index contributed by atoms with van der Waals surface area (Å²) in [6, 6.07) is 4.48. The van der Waals surface area contributed by atoms with Crippen LogP contribution >= 0.6 is 0 Å². The summed E-state index contributed by atoms with van der Waals surface area (Å²) in [6.07, 6.45) is 4.62. The highest BCUT2D eigenvalue weighted by molar-refractivity contribution is 5.80. The minimum absolute atomic E-state index is 0.0672. The topological polar surface area (TPSA) is 15.6 Å². The van der Waals surface area contributed by atoms with Gasteiger partial charge in [-0.05, 0) is 45.2 Å². The predicted molar refractivity (Wildman–Crippen MR) is 68.6 cm³/mol. The van der Waals surface area contributed by atoms with Crippen LogP contribution in [-0.4, -0.2) is 23.3 Å². The minimum Gasteiger partial charge on any atom is -0.292 e. The smallest absolute Gasteiger partial charge is 0.134 e. The van der Waals surface area contributed by atoms with Gasteiger partial charge in [0.1, 0.15) is 11.6 Å². The molecule has 1 heterocycles. The Hall–Kier alpha value is -1.45. The van der Waals surface area contributed by atoms with E-state index in [4.69, 9.17) is 0 Å². The van der Waals surface area contributed by atoms with Gasteiger partial charge in [-0.3, -0.25) is 5.01 Å². The van der Waals surface area contributed by atoms with Crippen LogP contribution in [0, 0.1) is 11.6 Å². The molecule has 1 aliphatic rings. The second-order valence-electron chi connectivity index (χ2n) is 4.89. The third kappa shape index (κ3) is 2.68. The number of piperidine rings is 1. The highest BCUT2D eigenvalue weighted by Gasteiger charge is 2.22. The van der Waals surface area contributed by atoms with E-state index in [9.17, 15) is 8.78 Å². The molecule has 0 amide bonds. The van der Waals surface area contributed by atoms with Gasteiger partial charge in [0.05, 0.1) is 11.8 Å². The zero-order valence-electron chi connectivity index (χ0n) is 10.7. The molecule has 0 bridgehead atoms. The Morgan fingerprint density at radius 2 is 1.72 bits per heavy atom. The Kier molecular flexibility index (Phi) is 3.94. The van der Waals surface area contributed by atoms with Crippen molar-refractivity contribution < 1.29 is 8.78 Å². The van der Waals surface area contributed by atoms with Crippen LogP contribution < -0.4 is 0 Å². The lowest BCUT2D eigenvalue weighted by Gasteiger charge is -2.36. The van der Waals surface area contributed by atoms with Crippen molar-refractivity contribution >= 4 is 6.21 Å². The highest BCUT2D eigenvalue weighted by atomic mass is 19.1. The van der Waals surface area contributed by atoms with Crippen LogP contribution in [0.25, 0.3) is 0 Å². The van der Waals surface area contributed by atoms with Crippen molar-refractivity contribution in [3.63, 3.8) is 0 Å². The van der Waals surface area contributed by atoms with Crippen LogP contribution in [0.15, 0.2) is 23.3 Å². The molecule has 0 N–H and O–H groups in total. The molecule has 0 aromatic heterocycles. The summed E-state index contributed by atoms with van der Waals surface area (Å²) >= 11 is 0. The molecule has 1 fully saturated rings. The molecular formula is C14H18F2N2. The summed E-state index contributed by atoms with van der Waals surface area (Å²) in [5, 5.41) is 6.21. The SMILES string of the molecule is C[C@@H]1CCC[C@@H](C)N1/N=C\c1c(F)cccc1F. The van der Waals surface area contributed by atoms with Crippen LogP contribution in [-0.2, 0) is 0 Å². The van der Waals surface area contributed by atoms with E-state index in [-0.39, 0.29) is 5.56 Å². The number of hydrogen-bond acceptors (Lipinski definition) is 2. The van der Waals surface area contributed by atoms with E-state index < -0.39 is 11.6 Å². The number of hydrazone groups is 1. The van der Waals surface area contributed by atoms with E-state index >= 15 is 0 Å². The van der Waals surface area contributed by atoms with Crippen molar-refractivity contribution in [3.8, 4) is 0 Å². The number of benzene rings is 1. The van der Waals surface area contributed by atoms with Crippen LogP contribution in [0.3, 0.4) is 0 Å². The molecule has 2 rings (SSSR count). The predicted octanol–water partition coefficient (Wildman–Crippen LogP) is 3.56. The van der Waals surface area contributed by atoms with Gasteiger partial charge in [0.15, 0.2) is 0 Å². The molecular weight excluding hydrogens is 234 g/mol. The van der Waals surface area contributed by atoms with E-state index in [1.807, 2.05) is 5.01 Å². The first kappa shape index (κ1) is 13.0.